The van der Waals surface area contributed by atoms with Gasteiger partial charge in [0.2, 0.25) is 0 Å². The minimum atomic E-state index is -1.09. The molecule has 3 N–H and O–H groups in total. The van der Waals surface area contributed by atoms with E-state index in [4.69, 9.17) is 0 Å². The molecule has 4 rings (SSSR count). The number of hydrogen-bond acceptors (Lipinski definition) is 1. The van der Waals surface area contributed by atoms with E-state index >= 15 is 0 Å². The average molecular weight is 383 g/mol. The van der Waals surface area contributed by atoms with Crippen molar-refractivity contribution >= 4 is 0 Å². The second-order valence-electron chi connectivity index (χ2n) is 8.08. The Morgan fingerprint density at radius 3 is 1.55 bits per heavy atom. The van der Waals surface area contributed by atoms with Gasteiger partial charge in [-0.25, -0.2) is 0 Å². The van der Waals surface area contributed by atoms with Gasteiger partial charge in [0.25, 0.3) is 0 Å². The highest BCUT2D eigenvalue weighted by atomic mass is 16.3. The highest BCUT2D eigenvalue weighted by Gasteiger charge is 2.53. The van der Waals surface area contributed by atoms with Crippen molar-refractivity contribution in [2.45, 2.75) is 31.5 Å². The molecule has 2 heteroatoms. The van der Waals surface area contributed by atoms with Crippen molar-refractivity contribution in [2.75, 3.05) is 0 Å². The Hall–Kier alpha value is -2.86. The maximum Gasteiger partial charge on any atom is 0.142 e. The summed E-state index contributed by atoms with van der Waals surface area (Å²) < 4.78 is 0. The number of hydrogen-bond donors (Lipinski definition) is 2. The Labute approximate surface area is 173 Å². The van der Waals surface area contributed by atoms with Crippen molar-refractivity contribution < 1.29 is 10.4 Å². The molecule has 146 valence electrons. The SMILES string of the molecule is C[C@@H]1[C@@H](c2ccccc2)[NH2+][C@H](c2ccccc2)[C@H](C)C1(O)C#Cc1ccccc1. The first-order valence-corrected chi connectivity index (χ1v) is 10.3. The molecule has 1 aliphatic heterocycles. The van der Waals surface area contributed by atoms with Gasteiger partial charge in [-0.1, -0.05) is 105 Å². The maximum absolute atomic E-state index is 11.9. The lowest BCUT2D eigenvalue weighted by atomic mass is 9.66. The largest absolute Gasteiger partial charge is 0.376 e. The van der Waals surface area contributed by atoms with Gasteiger partial charge in [-0.05, 0) is 12.1 Å². The Morgan fingerprint density at radius 2 is 1.10 bits per heavy atom. The van der Waals surface area contributed by atoms with E-state index in [1.807, 2.05) is 42.5 Å². The summed E-state index contributed by atoms with van der Waals surface area (Å²) in [6.07, 6.45) is 0. The molecule has 1 unspecified atom stereocenters. The van der Waals surface area contributed by atoms with Gasteiger partial charge in [-0.3, -0.25) is 0 Å². The number of aliphatic hydroxyl groups is 1. The van der Waals surface area contributed by atoms with Gasteiger partial charge in [0.05, 0.1) is 11.8 Å². The topological polar surface area (TPSA) is 36.8 Å². The number of benzene rings is 3. The van der Waals surface area contributed by atoms with Crippen LogP contribution in [0.5, 0.6) is 0 Å². The Morgan fingerprint density at radius 1 is 0.690 bits per heavy atom. The van der Waals surface area contributed by atoms with E-state index < -0.39 is 5.60 Å². The van der Waals surface area contributed by atoms with Gasteiger partial charge in [0, 0.05) is 16.7 Å². The zero-order valence-corrected chi connectivity index (χ0v) is 17.0. The predicted molar refractivity (Wildman–Crippen MR) is 117 cm³/mol. The van der Waals surface area contributed by atoms with Crippen LogP contribution in [0.2, 0.25) is 0 Å². The molecule has 2 nitrogen and oxygen atoms in total. The third-order valence-electron chi connectivity index (χ3n) is 6.43. The number of nitrogens with two attached hydrogens (primary N) is 1. The Kier molecular flexibility index (Phi) is 5.53. The first-order chi connectivity index (χ1) is 14.1. The number of rotatable bonds is 2. The van der Waals surface area contributed by atoms with Crippen LogP contribution in [0.3, 0.4) is 0 Å². The molecule has 0 amide bonds. The molecule has 0 bridgehead atoms. The lowest BCUT2D eigenvalue weighted by molar-refractivity contribution is -0.762. The summed E-state index contributed by atoms with van der Waals surface area (Å²) in [6.45, 7) is 4.26. The van der Waals surface area contributed by atoms with Gasteiger partial charge in [-0.15, -0.1) is 0 Å². The minimum absolute atomic E-state index is 0.0175. The molecule has 1 saturated heterocycles. The molecule has 1 heterocycles. The van der Waals surface area contributed by atoms with E-state index in [0.717, 1.165) is 5.56 Å². The van der Waals surface area contributed by atoms with Crippen LogP contribution in [0.25, 0.3) is 0 Å². The van der Waals surface area contributed by atoms with Crippen LogP contribution < -0.4 is 5.32 Å². The van der Waals surface area contributed by atoms with E-state index in [0.29, 0.717) is 0 Å². The highest BCUT2D eigenvalue weighted by Crippen LogP contribution is 2.42. The first-order valence-electron chi connectivity index (χ1n) is 10.3. The molecule has 5 atom stereocenters. The molecule has 0 aromatic heterocycles. The van der Waals surface area contributed by atoms with Crippen LogP contribution in [0.4, 0.5) is 0 Å². The molecule has 0 radical (unpaired) electrons. The predicted octanol–water partition coefficient (Wildman–Crippen LogP) is 4.10. The average Bonchev–Trinajstić information content (AvgIpc) is 2.78. The number of quaternary nitrogens is 1. The quantitative estimate of drug-likeness (QED) is 0.643. The molecule has 0 spiro atoms. The summed E-state index contributed by atoms with van der Waals surface area (Å²) in [6, 6.07) is 31.2. The normalized spacial score (nSPS) is 28.9. The zero-order chi connectivity index (χ0) is 20.3. The van der Waals surface area contributed by atoms with E-state index in [2.05, 4.69) is 79.5 Å². The van der Waals surface area contributed by atoms with Crippen molar-refractivity contribution in [3.05, 3.63) is 108 Å². The Bertz CT molecular complexity index is 937. The summed E-state index contributed by atoms with van der Waals surface area (Å²) in [7, 11) is 0. The maximum atomic E-state index is 11.9. The molecule has 0 aliphatic carbocycles. The summed E-state index contributed by atoms with van der Waals surface area (Å²) in [4.78, 5) is 0. The zero-order valence-electron chi connectivity index (χ0n) is 17.0. The van der Waals surface area contributed by atoms with Crippen LogP contribution in [-0.4, -0.2) is 10.7 Å². The fraction of sp³-hybridized carbons (Fsp3) is 0.259. The third kappa shape index (κ3) is 3.85. The molecule has 3 aromatic carbocycles. The summed E-state index contributed by atoms with van der Waals surface area (Å²) in [5.74, 6) is 6.51. The molecule has 1 fully saturated rings. The minimum Gasteiger partial charge on any atom is -0.376 e. The van der Waals surface area contributed by atoms with Crippen molar-refractivity contribution in [3.63, 3.8) is 0 Å². The van der Waals surface area contributed by atoms with Crippen LogP contribution >= 0.6 is 0 Å². The monoisotopic (exact) mass is 382 g/mol. The lowest BCUT2D eigenvalue weighted by Gasteiger charge is -2.46. The molecule has 29 heavy (non-hydrogen) atoms. The van der Waals surface area contributed by atoms with Gasteiger partial charge in [0.1, 0.15) is 17.7 Å². The van der Waals surface area contributed by atoms with Gasteiger partial charge in [-0.2, -0.15) is 0 Å². The fourth-order valence-corrected chi connectivity index (χ4v) is 4.59. The highest BCUT2D eigenvalue weighted by molar-refractivity contribution is 5.38. The van der Waals surface area contributed by atoms with E-state index in [1.54, 1.807) is 0 Å². The van der Waals surface area contributed by atoms with E-state index in [-0.39, 0.29) is 23.9 Å². The molecular weight excluding hydrogens is 354 g/mol. The first kappa shape index (κ1) is 19.5. The molecular formula is C27H28NO+. The van der Waals surface area contributed by atoms with Crippen LogP contribution in [0.15, 0.2) is 91.0 Å². The fourth-order valence-electron chi connectivity index (χ4n) is 4.59. The van der Waals surface area contributed by atoms with Gasteiger partial charge < -0.3 is 10.4 Å². The summed E-state index contributed by atoms with van der Waals surface area (Å²) >= 11 is 0. The van der Waals surface area contributed by atoms with Gasteiger partial charge in [0.15, 0.2) is 0 Å². The second-order valence-corrected chi connectivity index (χ2v) is 8.08. The second kappa shape index (κ2) is 8.25. The lowest BCUT2D eigenvalue weighted by Crippen LogP contribution is -2.93. The molecule has 1 aliphatic rings. The summed E-state index contributed by atoms with van der Waals surface area (Å²) in [5.41, 5.74) is 2.30. The van der Waals surface area contributed by atoms with Crippen LogP contribution in [-0.2, 0) is 0 Å². The van der Waals surface area contributed by atoms with Crippen molar-refractivity contribution in [3.8, 4) is 11.8 Å². The third-order valence-corrected chi connectivity index (χ3v) is 6.43. The van der Waals surface area contributed by atoms with Crippen molar-refractivity contribution in [1.29, 1.82) is 0 Å². The smallest absolute Gasteiger partial charge is 0.142 e. The van der Waals surface area contributed by atoms with Gasteiger partial charge >= 0.3 is 0 Å². The Balaban J connectivity index is 1.78. The summed E-state index contributed by atoms with van der Waals surface area (Å²) in [5, 5.41) is 14.4. The van der Waals surface area contributed by atoms with Crippen LogP contribution in [0, 0.1) is 23.7 Å². The van der Waals surface area contributed by atoms with E-state index in [9.17, 15) is 5.11 Å². The van der Waals surface area contributed by atoms with Crippen LogP contribution in [0.1, 0.15) is 42.6 Å². The van der Waals surface area contributed by atoms with Crippen molar-refractivity contribution in [1.82, 2.24) is 0 Å². The van der Waals surface area contributed by atoms with Crippen molar-refractivity contribution in [2.24, 2.45) is 11.8 Å². The van der Waals surface area contributed by atoms with E-state index in [1.165, 1.54) is 11.1 Å². The molecule has 0 saturated carbocycles. The standard InChI is InChI=1S/C27H27NO/c1-20-25(23-14-8-4-9-15-23)28-26(24-16-10-5-11-17-24)21(2)27(20,29)19-18-22-12-6-3-7-13-22/h3-17,20-21,25-26,28-29H,1-2H3/p+1/t20-,21+,25-,26-,27?/m0/s1. The number of piperidine rings is 1. The molecule has 3 aromatic rings.